The third-order valence-electron chi connectivity index (χ3n) is 4.98. The number of likely N-dealkylation sites (N-methyl/N-ethyl adjacent to an activating group) is 1. The average Bonchev–Trinajstić information content (AvgIpc) is 3.28. The molecule has 0 aliphatic carbocycles. The van der Waals surface area contributed by atoms with Gasteiger partial charge in [0.05, 0.1) is 22.1 Å². The summed E-state index contributed by atoms with van der Waals surface area (Å²) in [6.45, 7) is 4.14. The lowest BCUT2D eigenvalue weighted by atomic mass is 9.99. The molecule has 2 aromatic rings. The highest BCUT2D eigenvalue weighted by Gasteiger charge is 2.49. The van der Waals surface area contributed by atoms with Gasteiger partial charge in [0.25, 0.3) is 5.91 Å². The van der Waals surface area contributed by atoms with Gasteiger partial charge in [-0.15, -0.1) is 11.3 Å². The SMILES string of the molecule is CCN1C(O)=C(c2cccc(C(F)(F)F)c2)C(=O)N2C(c3cnc(C)s3)OCC12. The second-order valence-corrected chi connectivity index (χ2v) is 7.99. The number of aliphatic hydroxyl groups excluding tert-OH is 1. The highest BCUT2D eigenvalue weighted by Crippen LogP contribution is 2.42. The molecule has 0 spiro atoms. The van der Waals surface area contributed by atoms with E-state index < -0.39 is 30.0 Å². The van der Waals surface area contributed by atoms with Crippen LogP contribution in [0.4, 0.5) is 13.2 Å². The lowest BCUT2D eigenvalue weighted by Crippen LogP contribution is -2.53. The van der Waals surface area contributed by atoms with E-state index in [0.29, 0.717) is 6.54 Å². The van der Waals surface area contributed by atoms with Gasteiger partial charge in [0, 0.05) is 12.7 Å². The number of carbonyl (C=O) groups is 1. The standard InChI is InChI=1S/C19H18F3N3O3S/c1-3-24-14-9-28-18(13-8-23-10(2)29-13)25(14)17(27)15(16(24)26)11-5-4-6-12(7-11)19(20,21)22/h4-8,14,18,26H,3,9H2,1-2H3. The summed E-state index contributed by atoms with van der Waals surface area (Å²) < 4.78 is 45.3. The molecule has 6 nitrogen and oxygen atoms in total. The molecule has 1 amide bonds. The lowest BCUT2D eigenvalue weighted by Gasteiger charge is -2.40. The van der Waals surface area contributed by atoms with Crippen molar-refractivity contribution in [2.75, 3.05) is 13.2 Å². The fraction of sp³-hybridized carbons (Fsp3) is 0.368. The van der Waals surface area contributed by atoms with Crippen LogP contribution in [0.3, 0.4) is 0 Å². The summed E-state index contributed by atoms with van der Waals surface area (Å²) in [5, 5.41) is 11.6. The summed E-state index contributed by atoms with van der Waals surface area (Å²) in [5.74, 6) is -0.923. The molecule has 3 heterocycles. The van der Waals surface area contributed by atoms with Gasteiger partial charge in [-0.3, -0.25) is 9.69 Å². The van der Waals surface area contributed by atoms with Gasteiger partial charge in [-0.25, -0.2) is 4.98 Å². The summed E-state index contributed by atoms with van der Waals surface area (Å²) in [6.07, 6.45) is -4.19. The number of hydrogen-bond donors (Lipinski definition) is 1. The summed E-state index contributed by atoms with van der Waals surface area (Å²) in [5.41, 5.74) is -1.06. The first-order valence-corrected chi connectivity index (χ1v) is 9.78. The number of rotatable bonds is 3. The zero-order valence-electron chi connectivity index (χ0n) is 15.6. The number of aryl methyl sites for hydroxylation is 1. The van der Waals surface area contributed by atoms with Gasteiger partial charge in [-0.05, 0) is 31.5 Å². The molecule has 4 rings (SSSR count). The second-order valence-electron chi connectivity index (χ2n) is 6.72. The van der Waals surface area contributed by atoms with Crippen LogP contribution in [0.25, 0.3) is 5.57 Å². The van der Waals surface area contributed by atoms with E-state index in [1.807, 2.05) is 6.92 Å². The Balaban J connectivity index is 1.80. The molecular formula is C19H18F3N3O3S. The highest BCUT2D eigenvalue weighted by molar-refractivity contribution is 7.11. The van der Waals surface area contributed by atoms with Crippen molar-refractivity contribution in [3.8, 4) is 0 Å². The molecule has 1 fully saturated rings. The third kappa shape index (κ3) is 3.25. The van der Waals surface area contributed by atoms with E-state index in [4.69, 9.17) is 4.74 Å². The molecule has 2 atom stereocenters. The summed E-state index contributed by atoms with van der Waals surface area (Å²) in [7, 11) is 0. The molecule has 29 heavy (non-hydrogen) atoms. The molecule has 1 N–H and O–H groups in total. The predicted molar refractivity (Wildman–Crippen MR) is 99.6 cm³/mol. The predicted octanol–water partition coefficient (Wildman–Crippen LogP) is 3.92. The van der Waals surface area contributed by atoms with Crippen LogP contribution in [0.15, 0.2) is 36.3 Å². The van der Waals surface area contributed by atoms with Crippen molar-refractivity contribution in [1.82, 2.24) is 14.8 Å². The van der Waals surface area contributed by atoms with Gasteiger partial charge >= 0.3 is 6.18 Å². The van der Waals surface area contributed by atoms with Crippen molar-refractivity contribution in [1.29, 1.82) is 0 Å². The third-order valence-corrected chi connectivity index (χ3v) is 5.93. The molecule has 2 aliphatic rings. The van der Waals surface area contributed by atoms with Gasteiger partial charge in [0.1, 0.15) is 11.7 Å². The minimum atomic E-state index is -4.56. The van der Waals surface area contributed by atoms with Gasteiger partial charge in [-0.2, -0.15) is 13.2 Å². The number of aliphatic hydroxyl groups is 1. The van der Waals surface area contributed by atoms with E-state index in [1.165, 1.54) is 28.4 Å². The Hall–Kier alpha value is -2.59. The molecule has 10 heteroatoms. The molecule has 0 saturated carbocycles. The number of alkyl halides is 3. The first-order chi connectivity index (χ1) is 13.7. The number of nitrogens with zero attached hydrogens (tertiary/aromatic N) is 3. The van der Waals surface area contributed by atoms with E-state index >= 15 is 0 Å². The van der Waals surface area contributed by atoms with Gasteiger partial charge in [0.2, 0.25) is 5.88 Å². The number of thiazole rings is 1. The number of amides is 1. The maximum atomic E-state index is 13.3. The molecule has 0 bridgehead atoms. The zero-order valence-corrected chi connectivity index (χ0v) is 16.4. The van der Waals surface area contributed by atoms with Gasteiger partial charge in [0.15, 0.2) is 6.23 Å². The number of ether oxygens (including phenoxy) is 1. The first-order valence-electron chi connectivity index (χ1n) is 8.96. The number of carbonyl (C=O) groups excluding carboxylic acids is 1. The fourth-order valence-corrected chi connectivity index (χ4v) is 4.50. The summed E-state index contributed by atoms with van der Waals surface area (Å²) in [4.78, 5) is 21.3. The van der Waals surface area contributed by atoms with Crippen LogP contribution >= 0.6 is 11.3 Å². The molecule has 1 saturated heterocycles. The van der Waals surface area contributed by atoms with E-state index in [9.17, 15) is 23.1 Å². The monoisotopic (exact) mass is 425 g/mol. The molecule has 2 aliphatic heterocycles. The highest BCUT2D eigenvalue weighted by atomic mass is 32.1. The Bertz CT molecular complexity index is 988. The minimum absolute atomic E-state index is 0.00496. The van der Waals surface area contributed by atoms with E-state index in [1.54, 1.807) is 18.0 Å². The van der Waals surface area contributed by atoms with E-state index in [2.05, 4.69) is 4.98 Å². The number of halogens is 3. The largest absolute Gasteiger partial charge is 0.494 e. The van der Waals surface area contributed by atoms with E-state index in [-0.39, 0.29) is 23.6 Å². The summed E-state index contributed by atoms with van der Waals surface area (Å²) in [6, 6.07) is 4.41. The summed E-state index contributed by atoms with van der Waals surface area (Å²) >= 11 is 1.38. The first kappa shape index (κ1) is 19.7. The molecular weight excluding hydrogens is 407 g/mol. The van der Waals surface area contributed by atoms with Crippen molar-refractivity contribution in [3.05, 3.63) is 57.4 Å². The van der Waals surface area contributed by atoms with Crippen molar-refractivity contribution >= 4 is 22.8 Å². The molecule has 0 radical (unpaired) electrons. The van der Waals surface area contributed by atoms with Gasteiger partial charge in [-0.1, -0.05) is 12.1 Å². The molecule has 1 aromatic carbocycles. The minimum Gasteiger partial charge on any atom is -0.494 e. The van der Waals surface area contributed by atoms with Crippen LogP contribution in [-0.4, -0.2) is 45.1 Å². The quantitative estimate of drug-likeness (QED) is 0.808. The second kappa shape index (κ2) is 7.03. The van der Waals surface area contributed by atoms with Crippen LogP contribution < -0.4 is 0 Å². The van der Waals surface area contributed by atoms with Crippen LogP contribution in [0, 0.1) is 6.92 Å². The smallest absolute Gasteiger partial charge is 0.416 e. The van der Waals surface area contributed by atoms with Crippen molar-refractivity contribution in [2.24, 2.45) is 0 Å². The van der Waals surface area contributed by atoms with Crippen LogP contribution in [0.2, 0.25) is 0 Å². The topological polar surface area (TPSA) is 65.9 Å². The van der Waals surface area contributed by atoms with Gasteiger partial charge < -0.3 is 14.7 Å². The molecule has 154 valence electrons. The maximum Gasteiger partial charge on any atom is 0.416 e. The Morgan fingerprint density at radius 3 is 2.76 bits per heavy atom. The Kier molecular flexibility index (Phi) is 4.78. The average molecular weight is 425 g/mol. The zero-order chi connectivity index (χ0) is 20.9. The Morgan fingerprint density at radius 1 is 1.38 bits per heavy atom. The number of fused-ring (bicyclic) bond motifs is 1. The van der Waals surface area contributed by atoms with Crippen LogP contribution in [-0.2, 0) is 15.7 Å². The number of benzene rings is 1. The van der Waals surface area contributed by atoms with Crippen LogP contribution in [0.1, 0.15) is 34.2 Å². The lowest BCUT2D eigenvalue weighted by molar-refractivity contribution is -0.138. The molecule has 1 aromatic heterocycles. The molecule has 2 unspecified atom stereocenters. The number of aromatic nitrogens is 1. The maximum absolute atomic E-state index is 13.3. The Morgan fingerprint density at radius 2 is 2.14 bits per heavy atom. The van der Waals surface area contributed by atoms with Crippen molar-refractivity contribution < 1.29 is 27.8 Å². The van der Waals surface area contributed by atoms with Crippen molar-refractivity contribution in [2.45, 2.75) is 32.4 Å². The number of hydrogen-bond acceptors (Lipinski definition) is 6. The fourth-order valence-electron chi connectivity index (χ4n) is 3.66. The van der Waals surface area contributed by atoms with Crippen LogP contribution in [0.5, 0.6) is 0 Å². The van der Waals surface area contributed by atoms with Crippen molar-refractivity contribution in [3.63, 3.8) is 0 Å². The Labute approximate surface area is 168 Å². The van der Waals surface area contributed by atoms with E-state index in [0.717, 1.165) is 22.0 Å². The normalized spacial score (nSPS) is 22.4.